The lowest BCUT2D eigenvalue weighted by atomic mass is 9.81. The Morgan fingerprint density at radius 2 is 2.00 bits per heavy atom. The number of hydrogen-bond acceptors (Lipinski definition) is 3. The van der Waals surface area contributed by atoms with Crippen molar-refractivity contribution in [2.24, 2.45) is 5.92 Å². The number of aromatic nitrogens is 1. The van der Waals surface area contributed by atoms with Gasteiger partial charge in [0.05, 0.1) is 18.3 Å². The number of rotatable bonds is 4. The topological polar surface area (TPSA) is 63.2 Å². The minimum Gasteiger partial charge on any atom is -0.481 e. The second kappa shape index (κ2) is 6.78. The summed E-state index contributed by atoms with van der Waals surface area (Å²) in [7, 11) is 1.56. The number of ether oxygens (including phenoxy) is 1. The molecule has 0 radical (unpaired) electrons. The first-order chi connectivity index (χ1) is 13.4. The summed E-state index contributed by atoms with van der Waals surface area (Å²) in [5.74, 6) is 0.313. The molecule has 0 spiro atoms. The Labute approximate surface area is 162 Å². The van der Waals surface area contributed by atoms with Gasteiger partial charge in [0.15, 0.2) is 0 Å². The molecule has 2 amide bonds. The van der Waals surface area contributed by atoms with Crippen molar-refractivity contribution in [2.45, 2.75) is 19.4 Å². The molecule has 0 bridgehead atoms. The van der Waals surface area contributed by atoms with Gasteiger partial charge in [-0.15, -0.1) is 0 Å². The van der Waals surface area contributed by atoms with Crippen molar-refractivity contribution >= 4 is 16.8 Å². The fraction of sp³-hybridized carbons (Fsp3) is 0.273. The molecule has 0 saturated carbocycles. The molecule has 4 rings (SSSR count). The van der Waals surface area contributed by atoms with Crippen LogP contribution in [0.1, 0.15) is 19.4 Å². The van der Waals surface area contributed by atoms with Gasteiger partial charge in [0, 0.05) is 23.1 Å². The molecule has 1 fully saturated rings. The number of halogens is 1. The molecule has 1 saturated heterocycles. The van der Waals surface area contributed by atoms with E-state index in [9.17, 15) is 9.18 Å². The molecule has 1 aliphatic rings. The van der Waals surface area contributed by atoms with E-state index in [1.54, 1.807) is 19.2 Å². The minimum atomic E-state index is -0.594. The summed E-state index contributed by atoms with van der Waals surface area (Å²) in [6.45, 7) is 4.56. The third-order valence-corrected chi connectivity index (χ3v) is 5.51. The van der Waals surface area contributed by atoms with Gasteiger partial charge in [-0.05, 0) is 35.6 Å². The molecule has 2 N–H and O–H groups in total. The van der Waals surface area contributed by atoms with Crippen LogP contribution in [0.25, 0.3) is 22.0 Å². The largest absolute Gasteiger partial charge is 0.481 e. The van der Waals surface area contributed by atoms with Crippen LogP contribution in [-0.2, 0) is 5.54 Å². The van der Waals surface area contributed by atoms with Crippen molar-refractivity contribution in [3.8, 4) is 17.1 Å². The van der Waals surface area contributed by atoms with Gasteiger partial charge in [0.25, 0.3) is 0 Å². The van der Waals surface area contributed by atoms with Crippen LogP contribution in [0.3, 0.4) is 0 Å². The van der Waals surface area contributed by atoms with Crippen molar-refractivity contribution in [1.82, 2.24) is 15.6 Å². The predicted octanol–water partition coefficient (Wildman–Crippen LogP) is 4.21. The van der Waals surface area contributed by atoms with Gasteiger partial charge < -0.3 is 15.4 Å². The molecule has 1 aromatic heterocycles. The quantitative estimate of drug-likeness (QED) is 0.714. The first-order valence-electron chi connectivity index (χ1n) is 9.25. The van der Waals surface area contributed by atoms with Crippen LogP contribution in [-0.4, -0.2) is 24.7 Å². The van der Waals surface area contributed by atoms with Crippen molar-refractivity contribution in [1.29, 1.82) is 0 Å². The highest BCUT2D eigenvalue weighted by Gasteiger charge is 2.44. The van der Waals surface area contributed by atoms with E-state index in [1.165, 1.54) is 6.07 Å². The number of carbonyl (C=O) groups excluding carboxylic acids is 1. The van der Waals surface area contributed by atoms with Gasteiger partial charge in [0.2, 0.25) is 5.88 Å². The number of nitrogens with one attached hydrogen (secondary N) is 2. The zero-order valence-corrected chi connectivity index (χ0v) is 16.0. The van der Waals surface area contributed by atoms with E-state index in [4.69, 9.17) is 4.74 Å². The monoisotopic (exact) mass is 379 g/mol. The van der Waals surface area contributed by atoms with E-state index in [2.05, 4.69) is 15.6 Å². The summed E-state index contributed by atoms with van der Waals surface area (Å²) in [4.78, 5) is 16.5. The first kappa shape index (κ1) is 18.2. The van der Waals surface area contributed by atoms with Gasteiger partial charge in [-0.1, -0.05) is 38.1 Å². The van der Waals surface area contributed by atoms with Crippen molar-refractivity contribution in [2.75, 3.05) is 13.7 Å². The molecular weight excluding hydrogens is 357 g/mol. The molecule has 2 aromatic carbocycles. The zero-order valence-electron chi connectivity index (χ0n) is 16.0. The van der Waals surface area contributed by atoms with Crippen LogP contribution in [0.4, 0.5) is 9.18 Å². The Balaban J connectivity index is 1.81. The highest BCUT2D eigenvalue weighted by atomic mass is 19.1. The fourth-order valence-electron chi connectivity index (χ4n) is 3.82. The lowest BCUT2D eigenvalue weighted by molar-refractivity contribution is 0.235. The summed E-state index contributed by atoms with van der Waals surface area (Å²) in [5.41, 5.74) is 1.71. The van der Waals surface area contributed by atoms with Gasteiger partial charge >= 0.3 is 6.03 Å². The molecule has 144 valence electrons. The number of pyridine rings is 1. The van der Waals surface area contributed by atoms with Gasteiger partial charge in [0.1, 0.15) is 5.82 Å². The summed E-state index contributed by atoms with van der Waals surface area (Å²) >= 11 is 0. The van der Waals surface area contributed by atoms with Gasteiger partial charge in [-0.2, -0.15) is 0 Å². The molecule has 28 heavy (non-hydrogen) atoms. The smallest absolute Gasteiger partial charge is 0.315 e. The maximum absolute atomic E-state index is 14.2. The third kappa shape index (κ3) is 2.85. The summed E-state index contributed by atoms with van der Waals surface area (Å²) in [6.07, 6.45) is 0. The number of fused-ring (bicyclic) bond motifs is 1. The predicted molar refractivity (Wildman–Crippen MR) is 107 cm³/mol. The number of hydrogen-bond donors (Lipinski definition) is 2. The molecule has 6 heteroatoms. The fourth-order valence-corrected chi connectivity index (χ4v) is 3.82. The van der Waals surface area contributed by atoms with Crippen molar-refractivity contribution < 1.29 is 13.9 Å². The number of nitrogens with zero attached hydrogens (tertiary/aromatic N) is 1. The number of amides is 2. The lowest BCUT2D eigenvalue weighted by Crippen LogP contribution is -2.45. The standard InChI is InChI=1S/C22H22FN3O2/c1-13(2)22(12-24-21(27)26-22)17-9-10-19(25-20(17)28-3)15-8-7-14-5-4-6-18(23)16(14)11-15/h4-11,13H,12H2,1-3H3,(H2,24,26,27). The molecular formula is C22H22FN3O2. The Bertz CT molecular complexity index is 1070. The van der Waals surface area contributed by atoms with E-state index in [1.807, 2.05) is 44.2 Å². The number of methoxy groups -OCH3 is 1. The Kier molecular flexibility index (Phi) is 4.41. The third-order valence-electron chi connectivity index (χ3n) is 5.51. The Morgan fingerprint density at radius 3 is 2.68 bits per heavy atom. The van der Waals surface area contributed by atoms with E-state index in [-0.39, 0.29) is 17.8 Å². The Morgan fingerprint density at radius 1 is 1.18 bits per heavy atom. The SMILES string of the molecule is COc1nc(-c2ccc3cccc(F)c3c2)ccc1C1(C(C)C)CNC(=O)N1. The second-order valence-corrected chi connectivity index (χ2v) is 7.36. The van der Waals surface area contributed by atoms with E-state index in [0.29, 0.717) is 23.5 Å². The highest BCUT2D eigenvalue weighted by molar-refractivity contribution is 5.87. The van der Waals surface area contributed by atoms with E-state index in [0.717, 1.165) is 16.5 Å². The summed E-state index contributed by atoms with van der Waals surface area (Å²) in [5, 5.41) is 7.26. The van der Waals surface area contributed by atoms with E-state index < -0.39 is 5.54 Å². The zero-order chi connectivity index (χ0) is 19.9. The van der Waals surface area contributed by atoms with Crippen molar-refractivity contribution in [3.05, 3.63) is 59.9 Å². The Hall–Kier alpha value is -3.15. The molecule has 0 aliphatic carbocycles. The minimum absolute atomic E-state index is 0.128. The normalized spacial score (nSPS) is 19.0. The van der Waals surface area contributed by atoms with Crippen molar-refractivity contribution in [3.63, 3.8) is 0 Å². The molecule has 3 aromatic rings. The average Bonchev–Trinajstić information content (AvgIpc) is 3.10. The van der Waals surface area contributed by atoms with Crippen LogP contribution >= 0.6 is 0 Å². The second-order valence-electron chi connectivity index (χ2n) is 7.36. The summed E-state index contributed by atoms with van der Waals surface area (Å²) in [6, 6.07) is 14.2. The lowest BCUT2D eigenvalue weighted by Gasteiger charge is -2.33. The molecule has 1 aliphatic heterocycles. The van der Waals surface area contributed by atoms with Gasteiger partial charge in [-0.3, -0.25) is 0 Å². The maximum Gasteiger partial charge on any atom is 0.315 e. The van der Waals surface area contributed by atoms with Crippen LogP contribution < -0.4 is 15.4 Å². The van der Waals surface area contributed by atoms with E-state index >= 15 is 0 Å². The van der Waals surface area contributed by atoms with Gasteiger partial charge in [-0.25, -0.2) is 14.2 Å². The number of carbonyl (C=O) groups is 1. The maximum atomic E-state index is 14.2. The van der Waals surface area contributed by atoms with Crippen LogP contribution in [0.5, 0.6) is 5.88 Å². The first-order valence-corrected chi connectivity index (χ1v) is 9.25. The molecule has 1 atom stereocenters. The van der Waals surface area contributed by atoms with Crippen LogP contribution in [0.15, 0.2) is 48.5 Å². The van der Waals surface area contributed by atoms with Crippen LogP contribution in [0.2, 0.25) is 0 Å². The number of urea groups is 1. The molecule has 5 nitrogen and oxygen atoms in total. The molecule has 2 heterocycles. The van der Waals surface area contributed by atoms with Crippen LogP contribution in [0, 0.1) is 11.7 Å². The number of benzene rings is 2. The average molecular weight is 379 g/mol. The molecule has 1 unspecified atom stereocenters. The highest BCUT2D eigenvalue weighted by Crippen LogP contribution is 2.38. The summed E-state index contributed by atoms with van der Waals surface area (Å²) < 4.78 is 19.8.